The van der Waals surface area contributed by atoms with Gasteiger partial charge in [-0.25, -0.2) is 0 Å². The van der Waals surface area contributed by atoms with E-state index in [2.05, 4.69) is 4.98 Å². The molecular formula is C19H18N2O2. The monoisotopic (exact) mass is 306 g/mol. The summed E-state index contributed by atoms with van der Waals surface area (Å²) in [6.45, 7) is 2.57. The van der Waals surface area contributed by atoms with E-state index >= 15 is 0 Å². The van der Waals surface area contributed by atoms with Gasteiger partial charge in [-0.1, -0.05) is 30.3 Å². The van der Waals surface area contributed by atoms with Crippen LogP contribution in [-0.2, 0) is 11.2 Å². The van der Waals surface area contributed by atoms with Crippen LogP contribution >= 0.6 is 0 Å². The van der Waals surface area contributed by atoms with Gasteiger partial charge in [0.05, 0.1) is 18.7 Å². The largest absolute Gasteiger partial charge is 0.487 e. The van der Waals surface area contributed by atoms with Gasteiger partial charge in [0.15, 0.2) is 0 Å². The van der Waals surface area contributed by atoms with E-state index in [1.165, 1.54) is 0 Å². The molecule has 4 heteroatoms. The molecule has 0 radical (unpaired) electrons. The van der Waals surface area contributed by atoms with E-state index in [1.54, 1.807) is 0 Å². The zero-order valence-corrected chi connectivity index (χ0v) is 13.0. The predicted octanol–water partition coefficient (Wildman–Crippen LogP) is 3.52. The zero-order valence-electron chi connectivity index (χ0n) is 13.0. The van der Waals surface area contributed by atoms with Gasteiger partial charge in [-0.15, -0.1) is 0 Å². The highest BCUT2D eigenvalue weighted by Crippen LogP contribution is 2.33. The van der Waals surface area contributed by atoms with E-state index < -0.39 is 0 Å². The van der Waals surface area contributed by atoms with E-state index in [1.807, 2.05) is 66.6 Å². The van der Waals surface area contributed by atoms with E-state index in [9.17, 15) is 4.79 Å². The molecule has 3 aromatic rings. The lowest BCUT2D eigenvalue weighted by atomic mass is 10.1. The first-order valence-electron chi connectivity index (χ1n) is 7.83. The standard InChI is InChI=1S/C19H18N2O2/c1-13-12-21(17-8-4-5-9-18(17)23-13)19(22)10-14-11-20-16-7-3-2-6-15(14)16/h2-9,11,13,20H,10,12H2,1H3. The number of para-hydroxylation sites is 3. The van der Waals surface area contributed by atoms with Crippen molar-refractivity contribution in [1.29, 1.82) is 0 Å². The number of nitrogens with zero attached hydrogens (tertiary/aromatic N) is 1. The van der Waals surface area contributed by atoms with Crippen molar-refractivity contribution >= 4 is 22.5 Å². The van der Waals surface area contributed by atoms with E-state index in [0.717, 1.165) is 27.9 Å². The fourth-order valence-electron chi connectivity index (χ4n) is 3.16. The average molecular weight is 306 g/mol. The van der Waals surface area contributed by atoms with E-state index in [4.69, 9.17) is 4.74 Å². The summed E-state index contributed by atoms with van der Waals surface area (Å²) in [5, 5.41) is 1.11. The van der Waals surface area contributed by atoms with Gasteiger partial charge in [-0.05, 0) is 30.7 Å². The van der Waals surface area contributed by atoms with Crippen molar-refractivity contribution in [2.75, 3.05) is 11.4 Å². The first kappa shape index (κ1) is 13.9. The van der Waals surface area contributed by atoms with Crippen LogP contribution in [0.25, 0.3) is 10.9 Å². The van der Waals surface area contributed by atoms with Gasteiger partial charge < -0.3 is 14.6 Å². The highest BCUT2D eigenvalue weighted by molar-refractivity contribution is 5.99. The third kappa shape index (κ3) is 2.46. The summed E-state index contributed by atoms with van der Waals surface area (Å²) in [5.41, 5.74) is 2.95. The summed E-state index contributed by atoms with van der Waals surface area (Å²) in [5.74, 6) is 0.871. The lowest BCUT2D eigenvalue weighted by Crippen LogP contribution is -2.43. The second-order valence-corrected chi connectivity index (χ2v) is 5.94. The van der Waals surface area contributed by atoms with Gasteiger partial charge in [0.1, 0.15) is 11.9 Å². The Kier molecular flexibility index (Phi) is 3.30. The van der Waals surface area contributed by atoms with Gasteiger partial charge in [0, 0.05) is 17.1 Å². The molecule has 116 valence electrons. The number of amides is 1. The fraction of sp³-hybridized carbons (Fsp3) is 0.211. The molecule has 0 saturated heterocycles. The molecule has 0 aliphatic carbocycles. The SMILES string of the molecule is CC1CN(C(=O)Cc2c[nH]c3ccccc23)c2ccccc2O1. The van der Waals surface area contributed by atoms with E-state index in [0.29, 0.717) is 13.0 Å². The molecule has 1 aliphatic rings. The number of nitrogens with one attached hydrogen (secondary N) is 1. The van der Waals surface area contributed by atoms with Crippen molar-refractivity contribution in [1.82, 2.24) is 4.98 Å². The Labute approximate surface area is 134 Å². The number of anilines is 1. The van der Waals surface area contributed by atoms with Crippen molar-refractivity contribution in [2.24, 2.45) is 0 Å². The van der Waals surface area contributed by atoms with Crippen molar-refractivity contribution in [2.45, 2.75) is 19.4 Å². The van der Waals surface area contributed by atoms with Crippen LogP contribution in [0.5, 0.6) is 5.75 Å². The lowest BCUT2D eigenvalue weighted by Gasteiger charge is -2.33. The molecule has 0 spiro atoms. The van der Waals surface area contributed by atoms with Crippen molar-refractivity contribution in [3.63, 3.8) is 0 Å². The number of hydrogen-bond acceptors (Lipinski definition) is 2. The Bertz CT molecular complexity index is 868. The van der Waals surface area contributed by atoms with Crippen LogP contribution in [-0.4, -0.2) is 23.5 Å². The summed E-state index contributed by atoms with van der Waals surface area (Å²) in [6.07, 6.45) is 2.31. The topological polar surface area (TPSA) is 45.3 Å². The highest BCUT2D eigenvalue weighted by atomic mass is 16.5. The number of hydrogen-bond donors (Lipinski definition) is 1. The molecule has 4 nitrogen and oxygen atoms in total. The van der Waals surface area contributed by atoms with Crippen molar-refractivity contribution in [3.05, 3.63) is 60.3 Å². The van der Waals surface area contributed by atoms with Crippen molar-refractivity contribution in [3.8, 4) is 5.75 Å². The van der Waals surface area contributed by atoms with Crippen LogP contribution in [0.1, 0.15) is 12.5 Å². The molecule has 1 aromatic heterocycles. The number of carbonyl (C=O) groups excluding carboxylic acids is 1. The van der Waals surface area contributed by atoms with E-state index in [-0.39, 0.29) is 12.0 Å². The van der Waals surface area contributed by atoms with Crippen LogP contribution in [0, 0.1) is 0 Å². The molecule has 1 atom stereocenters. The molecule has 1 unspecified atom stereocenters. The highest BCUT2D eigenvalue weighted by Gasteiger charge is 2.27. The molecule has 1 N–H and O–H groups in total. The minimum absolute atomic E-state index is 0.00295. The molecular weight excluding hydrogens is 288 g/mol. The van der Waals surface area contributed by atoms with Gasteiger partial charge in [-0.3, -0.25) is 4.79 Å². The minimum Gasteiger partial charge on any atom is -0.487 e. The molecule has 0 fully saturated rings. The summed E-state index contributed by atoms with van der Waals surface area (Å²) in [7, 11) is 0. The quantitative estimate of drug-likeness (QED) is 0.787. The van der Waals surface area contributed by atoms with Gasteiger partial charge in [-0.2, -0.15) is 0 Å². The minimum atomic E-state index is -0.00295. The fourth-order valence-corrected chi connectivity index (χ4v) is 3.16. The number of rotatable bonds is 2. The second kappa shape index (κ2) is 5.47. The Morgan fingerprint density at radius 2 is 2.00 bits per heavy atom. The normalized spacial score (nSPS) is 16.9. The van der Waals surface area contributed by atoms with Gasteiger partial charge in [0.25, 0.3) is 0 Å². The van der Waals surface area contributed by atoms with Gasteiger partial charge >= 0.3 is 0 Å². The third-order valence-corrected chi connectivity index (χ3v) is 4.24. The molecule has 2 heterocycles. The number of aromatic amines is 1. The predicted molar refractivity (Wildman–Crippen MR) is 90.9 cm³/mol. The summed E-state index contributed by atoms with van der Waals surface area (Å²) in [6, 6.07) is 15.8. The number of benzene rings is 2. The van der Waals surface area contributed by atoms with Gasteiger partial charge in [0.2, 0.25) is 5.91 Å². The Morgan fingerprint density at radius 1 is 1.22 bits per heavy atom. The van der Waals surface area contributed by atoms with Crippen molar-refractivity contribution < 1.29 is 9.53 Å². The number of ether oxygens (including phenoxy) is 1. The van der Waals surface area contributed by atoms with Crippen LogP contribution in [0.4, 0.5) is 5.69 Å². The summed E-state index contributed by atoms with van der Waals surface area (Å²) < 4.78 is 5.82. The number of fused-ring (bicyclic) bond motifs is 2. The zero-order chi connectivity index (χ0) is 15.8. The Morgan fingerprint density at radius 3 is 2.91 bits per heavy atom. The molecule has 2 aromatic carbocycles. The average Bonchev–Trinajstić information content (AvgIpc) is 2.97. The molecule has 4 rings (SSSR count). The maximum absolute atomic E-state index is 12.9. The molecule has 0 bridgehead atoms. The maximum Gasteiger partial charge on any atom is 0.231 e. The molecule has 1 amide bonds. The third-order valence-electron chi connectivity index (χ3n) is 4.24. The Hall–Kier alpha value is -2.75. The summed E-state index contributed by atoms with van der Waals surface area (Å²) in [4.78, 5) is 17.9. The smallest absolute Gasteiger partial charge is 0.231 e. The number of H-pyrrole nitrogens is 1. The maximum atomic E-state index is 12.9. The van der Waals surface area contributed by atoms with Crippen LogP contribution in [0.3, 0.4) is 0 Å². The Balaban J connectivity index is 1.65. The first-order chi connectivity index (χ1) is 11.2. The number of carbonyl (C=O) groups is 1. The first-order valence-corrected chi connectivity index (χ1v) is 7.83. The van der Waals surface area contributed by atoms with Crippen LogP contribution in [0.2, 0.25) is 0 Å². The second-order valence-electron chi connectivity index (χ2n) is 5.94. The lowest BCUT2D eigenvalue weighted by molar-refractivity contribution is -0.118. The molecule has 1 aliphatic heterocycles. The summed E-state index contributed by atoms with van der Waals surface area (Å²) >= 11 is 0. The van der Waals surface area contributed by atoms with Crippen LogP contribution < -0.4 is 9.64 Å². The molecule has 0 saturated carbocycles. The number of aromatic nitrogens is 1. The van der Waals surface area contributed by atoms with Crippen LogP contribution in [0.15, 0.2) is 54.7 Å². The molecule has 23 heavy (non-hydrogen) atoms.